The Hall–Kier alpha value is -0.890. The molecule has 11 heteroatoms. The van der Waals surface area contributed by atoms with E-state index in [2.05, 4.69) is 26.1 Å². The van der Waals surface area contributed by atoms with Gasteiger partial charge >= 0.3 is 0 Å². The summed E-state index contributed by atoms with van der Waals surface area (Å²) in [4.78, 5) is 13.1. The molecule has 1 fully saturated rings. The normalized spacial score (nSPS) is 21.6. The Balaban J connectivity index is 2.33. The fraction of sp³-hybridized carbons (Fsp3) is 0.980. The summed E-state index contributed by atoms with van der Waals surface area (Å²) >= 11 is 0. The summed E-state index contributed by atoms with van der Waals surface area (Å²) in [5, 5.41) is 75.7. The predicted molar refractivity (Wildman–Crippen MR) is 243 cm³/mol. The second-order valence-electron chi connectivity index (χ2n) is 18.7. The maximum Gasteiger partial charge on any atom is 0.249 e. The van der Waals surface area contributed by atoms with Crippen LogP contribution in [0.5, 0.6) is 0 Å². The van der Waals surface area contributed by atoms with E-state index in [4.69, 9.17) is 9.47 Å². The number of amides is 1. The first-order valence-corrected chi connectivity index (χ1v) is 25.3. The van der Waals surface area contributed by atoms with E-state index in [-0.39, 0.29) is 6.42 Å². The second-order valence-corrected chi connectivity index (χ2v) is 18.7. The molecule has 0 radical (unpaired) electrons. The summed E-state index contributed by atoms with van der Waals surface area (Å²) in [6, 6.07) is -1.16. The predicted octanol–water partition coefficient (Wildman–Crippen LogP) is 8.92. The zero-order valence-corrected chi connectivity index (χ0v) is 38.9. The SMILES string of the molecule is CCCCCCCCCCCCCCCCCCCCCCCCC(O)C(=O)N[C@@H](CO[C@@H]1O[C@H](CO)[C@@H](O)[C@H](O)[C@H]1O)[C@H](O)[C@H](O)CCCCCCCCCCC(C)C. The van der Waals surface area contributed by atoms with Crippen molar-refractivity contribution in [3.8, 4) is 0 Å². The molecule has 8 N–H and O–H groups in total. The van der Waals surface area contributed by atoms with Crippen molar-refractivity contribution in [2.24, 2.45) is 5.92 Å². The number of ether oxygens (including phenoxy) is 2. The van der Waals surface area contributed by atoms with Gasteiger partial charge in [0, 0.05) is 0 Å². The first-order valence-electron chi connectivity index (χ1n) is 25.3. The lowest BCUT2D eigenvalue weighted by atomic mass is 9.98. The third-order valence-electron chi connectivity index (χ3n) is 12.6. The summed E-state index contributed by atoms with van der Waals surface area (Å²) < 4.78 is 11.1. The van der Waals surface area contributed by atoms with Crippen LogP contribution in [0.1, 0.15) is 233 Å². The molecule has 0 aromatic rings. The number of carbonyl (C=O) groups excluding carboxylic acids is 1. The minimum atomic E-state index is -1.66. The smallest absolute Gasteiger partial charge is 0.249 e. The van der Waals surface area contributed by atoms with Gasteiger partial charge in [-0.05, 0) is 18.8 Å². The maximum atomic E-state index is 13.1. The molecule has 0 saturated carbocycles. The van der Waals surface area contributed by atoms with Crippen LogP contribution in [0.25, 0.3) is 0 Å². The Morgan fingerprint density at radius 1 is 0.550 bits per heavy atom. The molecular formula is C49H97NO10. The Labute approximate surface area is 367 Å². The lowest BCUT2D eigenvalue weighted by Crippen LogP contribution is -2.60. The minimum Gasteiger partial charge on any atom is -0.394 e. The van der Waals surface area contributed by atoms with Gasteiger partial charge in [-0.3, -0.25) is 4.79 Å². The molecule has 60 heavy (non-hydrogen) atoms. The van der Waals surface area contributed by atoms with Crippen molar-refractivity contribution in [1.82, 2.24) is 5.32 Å². The molecule has 9 atom stereocenters. The van der Waals surface area contributed by atoms with Crippen LogP contribution in [0.2, 0.25) is 0 Å². The van der Waals surface area contributed by atoms with Crippen LogP contribution in [-0.4, -0.2) is 110 Å². The number of rotatable bonds is 42. The first-order chi connectivity index (χ1) is 29.0. The fourth-order valence-electron chi connectivity index (χ4n) is 8.39. The second kappa shape index (κ2) is 38.6. The van der Waals surface area contributed by atoms with Crippen LogP contribution < -0.4 is 5.32 Å². The number of aliphatic hydroxyl groups is 7. The minimum absolute atomic E-state index is 0.265. The lowest BCUT2D eigenvalue weighted by Gasteiger charge is -2.40. The number of aliphatic hydroxyl groups excluding tert-OH is 7. The number of hydrogen-bond acceptors (Lipinski definition) is 10. The molecule has 0 spiro atoms. The molecule has 0 aliphatic carbocycles. The van der Waals surface area contributed by atoms with E-state index < -0.39 is 74.2 Å². The van der Waals surface area contributed by atoms with Gasteiger partial charge in [0.05, 0.1) is 25.4 Å². The Morgan fingerprint density at radius 2 is 0.933 bits per heavy atom. The Bertz CT molecular complexity index is 957. The van der Waals surface area contributed by atoms with Gasteiger partial charge in [-0.25, -0.2) is 0 Å². The van der Waals surface area contributed by atoms with Crippen molar-refractivity contribution in [1.29, 1.82) is 0 Å². The number of hydrogen-bond donors (Lipinski definition) is 8. The van der Waals surface area contributed by atoms with Crippen molar-refractivity contribution in [2.75, 3.05) is 13.2 Å². The summed E-state index contributed by atoms with van der Waals surface area (Å²) in [5.74, 6) is 0.0533. The highest BCUT2D eigenvalue weighted by Crippen LogP contribution is 2.23. The zero-order chi connectivity index (χ0) is 44.2. The van der Waals surface area contributed by atoms with E-state index in [9.17, 15) is 40.5 Å². The molecule has 358 valence electrons. The first kappa shape index (κ1) is 57.1. The summed E-state index contributed by atoms with van der Waals surface area (Å²) in [5.41, 5.74) is 0. The van der Waals surface area contributed by atoms with Gasteiger partial charge in [0.25, 0.3) is 0 Å². The topological polar surface area (TPSA) is 189 Å². The molecule has 1 heterocycles. The number of unbranched alkanes of at least 4 members (excludes halogenated alkanes) is 28. The van der Waals surface area contributed by atoms with Gasteiger partial charge in [-0.15, -0.1) is 0 Å². The summed E-state index contributed by atoms with van der Waals surface area (Å²) in [6.45, 7) is 5.73. The van der Waals surface area contributed by atoms with Gasteiger partial charge in [0.15, 0.2) is 6.29 Å². The molecule has 1 aliphatic heterocycles. The highest BCUT2D eigenvalue weighted by molar-refractivity contribution is 5.80. The molecule has 1 unspecified atom stereocenters. The van der Waals surface area contributed by atoms with Crippen molar-refractivity contribution < 1.29 is 50.0 Å². The van der Waals surface area contributed by atoms with Crippen LogP contribution >= 0.6 is 0 Å². The van der Waals surface area contributed by atoms with Crippen LogP contribution in [0, 0.1) is 5.92 Å². The number of carbonyl (C=O) groups is 1. The number of nitrogens with one attached hydrogen (secondary N) is 1. The Morgan fingerprint density at radius 3 is 1.33 bits per heavy atom. The highest BCUT2D eigenvalue weighted by atomic mass is 16.7. The van der Waals surface area contributed by atoms with Crippen LogP contribution in [-0.2, 0) is 14.3 Å². The van der Waals surface area contributed by atoms with Crippen molar-refractivity contribution >= 4 is 5.91 Å². The van der Waals surface area contributed by atoms with Crippen LogP contribution in [0.3, 0.4) is 0 Å². The maximum absolute atomic E-state index is 13.1. The van der Waals surface area contributed by atoms with Gasteiger partial charge in [0.2, 0.25) is 5.91 Å². The molecule has 1 aliphatic rings. The molecular weight excluding hydrogens is 763 g/mol. The highest BCUT2D eigenvalue weighted by Gasteiger charge is 2.44. The van der Waals surface area contributed by atoms with E-state index in [0.29, 0.717) is 19.3 Å². The van der Waals surface area contributed by atoms with Gasteiger partial charge in [0.1, 0.15) is 36.6 Å². The molecule has 0 aromatic carbocycles. The zero-order valence-electron chi connectivity index (χ0n) is 38.9. The van der Waals surface area contributed by atoms with E-state index in [1.54, 1.807) is 0 Å². The fourth-order valence-corrected chi connectivity index (χ4v) is 8.39. The van der Waals surface area contributed by atoms with E-state index in [0.717, 1.165) is 44.4 Å². The van der Waals surface area contributed by atoms with E-state index in [1.165, 1.54) is 148 Å². The molecule has 0 bridgehead atoms. The van der Waals surface area contributed by atoms with E-state index >= 15 is 0 Å². The largest absolute Gasteiger partial charge is 0.394 e. The van der Waals surface area contributed by atoms with Crippen molar-refractivity contribution in [3.05, 3.63) is 0 Å². The summed E-state index contributed by atoms with van der Waals surface area (Å²) in [6.07, 6.45) is 27.5. The summed E-state index contributed by atoms with van der Waals surface area (Å²) in [7, 11) is 0. The molecule has 0 aromatic heterocycles. The quantitative estimate of drug-likeness (QED) is 0.0275. The Kier molecular flexibility index (Phi) is 36.7. The van der Waals surface area contributed by atoms with E-state index in [1.807, 2.05) is 0 Å². The molecule has 1 rings (SSSR count). The van der Waals surface area contributed by atoms with Gasteiger partial charge in [-0.1, -0.05) is 220 Å². The standard InChI is InChI=1S/C49H97NO10/c1-4-5-6-7-8-9-10-11-12-13-14-15-16-17-18-19-20-21-22-27-30-33-36-42(53)48(58)50-40(38-59-49-47(57)46(56)45(55)43(37-51)60-49)44(54)41(52)35-32-29-26-24-23-25-28-31-34-39(2)3/h39-47,49,51-57H,4-38H2,1-3H3,(H,50,58)/t40-,41+,42?,43+,44-,45+,46-,47+,49+/m0/s1. The molecule has 1 saturated heterocycles. The van der Waals surface area contributed by atoms with Crippen LogP contribution in [0.15, 0.2) is 0 Å². The average molecular weight is 860 g/mol. The van der Waals surface area contributed by atoms with Gasteiger partial charge in [-0.2, -0.15) is 0 Å². The molecule has 11 nitrogen and oxygen atoms in total. The lowest BCUT2D eigenvalue weighted by molar-refractivity contribution is -0.303. The monoisotopic (exact) mass is 860 g/mol. The van der Waals surface area contributed by atoms with Crippen LogP contribution in [0.4, 0.5) is 0 Å². The van der Waals surface area contributed by atoms with Crippen molar-refractivity contribution in [2.45, 2.75) is 288 Å². The average Bonchev–Trinajstić information content (AvgIpc) is 3.23. The third kappa shape index (κ3) is 28.7. The van der Waals surface area contributed by atoms with Gasteiger partial charge < -0.3 is 50.5 Å². The third-order valence-corrected chi connectivity index (χ3v) is 12.6. The van der Waals surface area contributed by atoms with Crippen molar-refractivity contribution in [3.63, 3.8) is 0 Å². The molecule has 1 amide bonds.